The molecule has 2 N–H and O–H groups in total. The molecule has 0 radical (unpaired) electrons. The summed E-state index contributed by atoms with van der Waals surface area (Å²) >= 11 is 0. The number of aliphatic hydroxyl groups is 2. The van der Waals surface area contributed by atoms with E-state index in [1.54, 1.807) is 7.11 Å². The van der Waals surface area contributed by atoms with Crippen molar-refractivity contribution < 1.29 is 14.9 Å². The van der Waals surface area contributed by atoms with Gasteiger partial charge < -0.3 is 14.9 Å². The minimum atomic E-state index is -0.482. The van der Waals surface area contributed by atoms with Crippen LogP contribution in [-0.2, 0) is 0 Å². The highest BCUT2D eigenvalue weighted by molar-refractivity contribution is 5.28. The van der Waals surface area contributed by atoms with Crippen LogP contribution in [0.3, 0.4) is 0 Å². The molecule has 3 aliphatic rings. The van der Waals surface area contributed by atoms with Crippen LogP contribution < -0.4 is 4.74 Å². The second-order valence-corrected chi connectivity index (χ2v) is 5.84. The van der Waals surface area contributed by atoms with Crippen LogP contribution in [-0.4, -0.2) is 22.9 Å². The van der Waals surface area contributed by atoms with Gasteiger partial charge in [0.05, 0.1) is 18.8 Å². The van der Waals surface area contributed by atoms with Gasteiger partial charge in [-0.2, -0.15) is 0 Å². The van der Waals surface area contributed by atoms with Gasteiger partial charge in [-0.1, -0.05) is 12.1 Å². The molecule has 0 amide bonds. The Balaban J connectivity index is 1.65. The molecule has 3 saturated carbocycles. The molecular formula is C15H20O3. The van der Waals surface area contributed by atoms with Gasteiger partial charge in [-0.25, -0.2) is 0 Å². The van der Waals surface area contributed by atoms with Gasteiger partial charge in [0.1, 0.15) is 5.75 Å². The van der Waals surface area contributed by atoms with Gasteiger partial charge in [-0.3, -0.25) is 0 Å². The molecule has 2 bridgehead atoms. The molecule has 0 spiro atoms. The molecule has 0 heterocycles. The topological polar surface area (TPSA) is 49.7 Å². The van der Waals surface area contributed by atoms with Gasteiger partial charge in [0, 0.05) is 0 Å². The first-order valence-corrected chi connectivity index (χ1v) is 6.65. The zero-order valence-corrected chi connectivity index (χ0v) is 10.7. The number of aliphatic hydroxyl groups excluding tert-OH is 1. The standard InChI is InChI=1S/C15H20O3/c1-18-13-4-2-11(3-5-13)14(16)7-12-6-10-8-15(12,17)9-10/h2-5,10,12,14,16-17H,6-9H2,1H3. The highest BCUT2D eigenvalue weighted by atomic mass is 16.5. The van der Waals surface area contributed by atoms with Crippen molar-refractivity contribution >= 4 is 0 Å². The van der Waals surface area contributed by atoms with E-state index in [0.717, 1.165) is 30.6 Å². The summed E-state index contributed by atoms with van der Waals surface area (Å²) < 4.78 is 5.10. The smallest absolute Gasteiger partial charge is 0.118 e. The fourth-order valence-corrected chi connectivity index (χ4v) is 3.61. The Morgan fingerprint density at radius 3 is 2.50 bits per heavy atom. The molecule has 3 heteroatoms. The van der Waals surface area contributed by atoms with Crippen molar-refractivity contribution in [3.05, 3.63) is 29.8 Å². The number of fused-ring (bicyclic) bond motifs is 1. The van der Waals surface area contributed by atoms with Crippen molar-refractivity contribution in [3.63, 3.8) is 0 Å². The van der Waals surface area contributed by atoms with Crippen LogP contribution in [0.1, 0.15) is 37.4 Å². The molecule has 2 unspecified atom stereocenters. The molecule has 0 saturated heterocycles. The summed E-state index contributed by atoms with van der Waals surface area (Å²) in [5.74, 6) is 1.76. The van der Waals surface area contributed by atoms with E-state index in [0.29, 0.717) is 12.3 Å². The van der Waals surface area contributed by atoms with Crippen LogP contribution >= 0.6 is 0 Å². The molecule has 0 aliphatic heterocycles. The van der Waals surface area contributed by atoms with Gasteiger partial charge in [0.15, 0.2) is 0 Å². The predicted molar refractivity (Wildman–Crippen MR) is 68.4 cm³/mol. The largest absolute Gasteiger partial charge is 0.497 e. The van der Waals surface area contributed by atoms with E-state index in [-0.39, 0.29) is 5.92 Å². The van der Waals surface area contributed by atoms with E-state index in [4.69, 9.17) is 4.74 Å². The third kappa shape index (κ3) is 1.91. The Labute approximate surface area is 107 Å². The average molecular weight is 248 g/mol. The Morgan fingerprint density at radius 1 is 1.33 bits per heavy atom. The number of methoxy groups -OCH3 is 1. The quantitative estimate of drug-likeness (QED) is 0.859. The number of hydrogen-bond acceptors (Lipinski definition) is 3. The zero-order valence-electron chi connectivity index (χ0n) is 10.7. The maximum absolute atomic E-state index is 10.3. The molecule has 1 aromatic carbocycles. The van der Waals surface area contributed by atoms with E-state index >= 15 is 0 Å². The second kappa shape index (κ2) is 4.25. The number of hydrogen-bond donors (Lipinski definition) is 2. The Morgan fingerprint density at radius 2 is 2.00 bits per heavy atom. The monoisotopic (exact) mass is 248 g/mol. The average Bonchev–Trinajstić information content (AvgIpc) is 2.81. The third-order valence-electron chi connectivity index (χ3n) is 4.67. The van der Waals surface area contributed by atoms with Crippen LogP contribution in [0.25, 0.3) is 0 Å². The van der Waals surface area contributed by atoms with E-state index in [1.165, 1.54) is 0 Å². The maximum Gasteiger partial charge on any atom is 0.118 e. The van der Waals surface area contributed by atoms with Crippen LogP contribution in [0.4, 0.5) is 0 Å². The van der Waals surface area contributed by atoms with Gasteiger partial charge in [0.2, 0.25) is 0 Å². The highest BCUT2D eigenvalue weighted by Gasteiger charge is 2.56. The number of rotatable bonds is 4. The van der Waals surface area contributed by atoms with Crippen molar-refractivity contribution in [1.82, 2.24) is 0 Å². The first kappa shape index (κ1) is 12.0. The summed E-state index contributed by atoms with van der Waals surface area (Å²) in [7, 11) is 1.63. The molecule has 98 valence electrons. The van der Waals surface area contributed by atoms with E-state index in [1.807, 2.05) is 24.3 Å². The van der Waals surface area contributed by atoms with Crippen molar-refractivity contribution in [2.24, 2.45) is 11.8 Å². The summed E-state index contributed by atoms with van der Waals surface area (Å²) in [5.41, 5.74) is 0.432. The van der Waals surface area contributed by atoms with Gasteiger partial charge >= 0.3 is 0 Å². The zero-order chi connectivity index (χ0) is 12.8. The van der Waals surface area contributed by atoms with E-state index in [9.17, 15) is 10.2 Å². The molecule has 2 atom stereocenters. The minimum absolute atomic E-state index is 0.264. The summed E-state index contributed by atoms with van der Waals surface area (Å²) in [4.78, 5) is 0. The number of benzene rings is 1. The summed E-state index contributed by atoms with van der Waals surface area (Å²) in [5, 5.41) is 20.5. The Hall–Kier alpha value is -1.06. The molecule has 1 aromatic rings. The van der Waals surface area contributed by atoms with Crippen LogP contribution in [0.5, 0.6) is 5.75 Å². The maximum atomic E-state index is 10.3. The molecule has 18 heavy (non-hydrogen) atoms. The molecular weight excluding hydrogens is 228 g/mol. The lowest BCUT2D eigenvalue weighted by atomic mass is 9.76. The van der Waals surface area contributed by atoms with Crippen molar-refractivity contribution in [2.75, 3.05) is 7.11 Å². The fraction of sp³-hybridized carbons (Fsp3) is 0.600. The van der Waals surface area contributed by atoms with Gasteiger partial charge in [-0.15, -0.1) is 0 Å². The van der Waals surface area contributed by atoms with Crippen LogP contribution in [0, 0.1) is 11.8 Å². The second-order valence-electron chi connectivity index (χ2n) is 5.84. The summed E-state index contributed by atoms with van der Waals surface area (Å²) in [6.45, 7) is 0. The lowest BCUT2D eigenvalue weighted by molar-refractivity contribution is -0.0594. The minimum Gasteiger partial charge on any atom is -0.497 e. The fourth-order valence-electron chi connectivity index (χ4n) is 3.61. The summed E-state index contributed by atoms with van der Waals surface area (Å²) in [6, 6.07) is 7.52. The van der Waals surface area contributed by atoms with Gasteiger partial charge in [-0.05, 0) is 55.2 Å². The van der Waals surface area contributed by atoms with E-state index in [2.05, 4.69) is 0 Å². The van der Waals surface area contributed by atoms with Crippen LogP contribution in [0.15, 0.2) is 24.3 Å². The van der Waals surface area contributed by atoms with Crippen molar-refractivity contribution in [2.45, 2.75) is 37.4 Å². The summed E-state index contributed by atoms with van der Waals surface area (Å²) in [6.07, 6.45) is 3.13. The van der Waals surface area contributed by atoms with E-state index < -0.39 is 11.7 Å². The normalized spacial score (nSPS) is 35.1. The SMILES string of the molecule is COc1ccc(C(O)CC2CC3CC2(O)C3)cc1. The molecule has 4 rings (SSSR count). The first-order chi connectivity index (χ1) is 8.60. The van der Waals surface area contributed by atoms with Crippen molar-refractivity contribution in [3.8, 4) is 5.75 Å². The Bertz CT molecular complexity index is 420. The number of ether oxygens (including phenoxy) is 1. The highest BCUT2D eigenvalue weighted by Crippen LogP contribution is 2.57. The predicted octanol–water partition coefficient (Wildman–Crippen LogP) is 2.28. The first-order valence-electron chi connectivity index (χ1n) is 6.65. The van der Waals surface area contributed by atoms with Crippen LogP contribution in [0.2, 0.25) is 0 Å². The van der Waals surface area contributed by atoms with Gasteiger partial charge in [0.25, 0.3) is 0 Å². The molecule has 3 nitrogen and oxygen atoms in total. The third-order valence-corrected chi connectivity index (χ3v) is 4.67. The molecule has 3 aliphatic carbocycles. The lowest BCUT2D eigenvalue weighted by Crippen LogP contribution is -2.39. The molecule has 3 fully saturated rings. The molecule has 0 aromatic heterocycles. The lowest BCUT2D eigenvalue weighted by Gasteiger charge is -2.36. The Kier molecular flexibility index (Phi) is 2.83. The van der Waals surface area contributed by atoms with Crippen molar-refractivity contribution in [1.29, 1.82) is 0 Å².